The number of aliphatic hydroxyl groups is 1. The zero-order valence-electron chi connectivity index (χ0n) is 16.1. The van der Waals surface area contributed by atoms with Crippen LogP contribution in [0.15, 0.2) is 36.0 Å². The molecule has 25 heavy (non-hydrogen) atoms. The third-order valence-corrected chi connectivity index (χ3v) is 4.00. The maximum atomic E-state index is 11.8. The molecule has 1 atom stereocenters. The van der Waals surface area contributed by atoms with Crippen LogP contribution in [0.25, 0.3) is 0 Å². The highest BCUT2D eigenvalue weighted by Crippen LogP contribution is 2.18. The SMILES string of the molecule is CCCCCCCC(=O)NC/C=C\C(=O)CC1=CCC(C)C=C1.CO. The van der Waals surface area contributed by atoms with Gasteiger partial charge in [-0.05, 0) is 30.4 Å². The molecule has 1 unspecified atom stereocenters. The Morgan fingerprint density at radius 1 is 1.24 bits per heavy atom. The lowest BCUT2D eigenvalue weighted by Crippen LogP contribution is -2.22. The summed E-state index contributed by atoms with van der Waals surface area (Å²) in [5, 5.41) is 9.83. The number of unbranched alkanes of at least 4 members (excludes halogenated alkanes) is 4. The maximum absolute atomic E-state index is 11.8. The first-order chi connectivity index (χ1) is 12.1. The zero-order chi connectivity index (χ0) is 18.9. The number of hydrogen-bond donors (Lipinski definition) is 2. The highest BCUT2D eigenvalue weighted by molar-refractivity contribution is 5.91. The molecule has 0 aliphatic heterocycles. The van der Waals surface area contributed by atoms with Crippen LogP contribution in [-0.4, -0.2) is 30.5 Å². The van der Waals surface area contributed by atoms with Crippen molar-refractivity contribution < 1.29 is 14.7 Å². The molecule has 0 aromatic rings. The number of ketones is 1. The van der Waals surface area contributed by atoms with Gasteiger partial charge in [-0.2, -0.15) is 0 Å². The Kier molecular flexibility index (Phi) is 14.8. The lowest BCUT2D eigenvalue weighted by molar-refractivity contribution is -0.121. The Labute approximate surface area is 153 Å². The predicted octanol–water partition coefficient (Wildman–Crippen LogP) is 4.11. The highest BCUT2D eigenvalue weighted by Gasteiger charge is 2.06. The second-order valence-electron chi connectivity index (χ2n) is 6.36. The van der Waals surface area contributed by atoms with E-state index >= 15 is 0 Å². The number of allylic oxidation sites excluding steroid dienone is 5. The molecular formula is C21H35NO3. The van der Waals surface area contributed by atoms with Gasteiger partial charge in [-0.1, -0.05) is 63.8 Å². The molecule has 0 radical (unpaired) electrons. The van der Waals surface area contributed by atoms with Crippen molar-refractivity contribution in [2.24, 2.45) is 5.92 Å². The van der Waals surface area contributed by atoms with Crippen molar-refractivity contribution in [1.29, 1.82) is 0 Å². The van der Waals surface area contributed by atoms with Gasteiger partial charge in [0.25, 0.3) is 0 Å². The summed E-state index contributed by atoms with van der Waals surface area (Å²) >= 11 is 0. The van der Waals surface area contributed by atoms with Gasteiger partial charge in [0.1, 0.15) is 0 Å². The summed E-state index contributed by atoms with van der Waals surface area (Å²) in [5.41, 5.74) is 1.09. The predicted molar refractivity (Wildman–Crippen MR) is 104 cm³/mol. The van der Waals surface area contributed by atoms with Gasteiger partial charge in [-0.15, -0.1) is 0 Å². The summed E-state index contributed by atoms with van der Waals surface area (Å²) < 4.78 is 0. The maximum Gasteiger partial charge on any atom is 0.220 e. The van der Waals surface area contributed by atoms with Crippen LogP contribution in [-0.2, 0) is 9.59 Å². The fourth-order valence-corrected chi connectivity index (χ4v) is 2.50. The standard InChI is InChI=1S/C20H31NO2.CH4O/c1-3-4-5-6-7-10-20(23)21-15-8-9-19(22)16-18-13-11-17(2)12-14-18;1-2/h8-9,11,13-14,17H,3-7,10,12,15-16H2,1-2H3,(H,21,23);2H,1H3/b9-8-;. The number of nitrogens with one attached hydrogen (secondary N) is 1. The molecule has 0 aromatic heterocycles. The monoisotopic (exact) mass is 349 g/mol. The van der Waals surface area contributed by atoms with Gasteiger partial charge in [-0.25, -0.2) is 0 Å². The fraction of sp³-hybridized carbons (Fsp3) is 0.619. The van der Waals surface area contributed by atoms with Gasteiger partial charge in [0.2, 0.25) is 5.91 Å². The summed E-state index contributed by atoms with van der Waals surface area (Å²) in [6.45, 7) is 4.78. The molecule has 1 rings (SSSR count). The Balaban J connectivity index is 0.00000277. The van der Waals surface area contributed by atoms with Crippen LogP contribution >= 0.6 is 0 Å². The van der Waals surface area contributed by atoms with Crippen LogP contribution in [0, 0.1) is 5.92 Å². The first kappa shape index (κ1) is 23.3. The van der Waals surface area contributed by atoms with Crippen LogP contribution in [0.5, 0.6) is 0 Å². The topological polar surface area (TPSA) is 66.4 Å². The molecule has 4 nitrogen and oxygen atoms in total. The molecule has 0 heterocycles. The minimum Gasteiger partial charge on any atom is -0.400 e. The van der Waals surface area contributed by atoms with E-state index in [9.17, 15) is 9.59 Å². The van der Waals surface area contributed by atoms with Crippen LogP contribution in [0.4, 0.5) is 0 Å². The molecule has 2 N–H and O–H groups in total. The molecule has 0 saturated heterocycles. The Morgan fingerprint density at radius 3 is 2.60 bits per heavy atom. The van der Waals surface area contributed by atoms with Gasteiger partial charge < -0.3 is 10.4 Å². The van der Waals surface area contributed by atoms with E-state index in [1.807, 2.05) is 6.08 Å². The minimum atomic E-state index is 0.0745. The number of rotatable bonds is 11. The van der Waals surface area contributed by atoms with E-state index in [2.05, 4.69) is 31.3 Å². The van der Waals surface area contributed by atoms with Crippen molar-refractivity contribution in [3.8, 4) is 0 Å². The van der Waals surface area contributed by atoms with E-state index in [0.717, 1.165) is 31.9 Å². The van der Waals surface area contributed by atoms with Crippen molar-refractivity contribution in [3.63, 3.8) is 0 Å². The van der Waals surface area contributed by atoms with Gasteiger partial charge in [0, 0.05) is 26.5 Å². The Hall–Kier alpha value is -1.68. The van der Waals surface area contributed by atoms with E-state index in [4.69, 9.17) is 5.11 Å². The third kappa shape index (κ3) is 13.3. The Morgan fingerprint density at radius 2 is 1.96 bits per heavy atom. The summed E-state index contributed by atoms with van der Waals surface area (Å²) in [6.07, 6.45) is 17.4. The molecule has 0 spiro atoms. The highest BCUT2D eigenvalue weighted by atomic mass is 16.2. The quantitative estimate of drug-likeness (QED) is 0.436. The molecular weight excluding hydrogens is 314 g/mol. The molecule has 142 valence electrons. The number of amides is 1. The first-order valence-corrected chi connectivity index (χ1v) is 9.39. The average Bonchev–Trinajstić information content (AvgIpc) is 2.62. The van der Waals surface area contributed by atoms with Crippen molar-refractivity contribution >= 4 is 11.7 Å². The molecule has 1 aliphatic carbocycles. The summed E-state index contributed by atoms with van der Waals surface area (Å²) in [7, 11) is 1.00. The second-order valence-corrected chi connectivity index (χ2v) is 6.36. The van der Waals surface area contributed by atoms with Crippen molar-refractivity contribution in [2.75, 3.05) is 13.7 Å². The van der Waals surface area contributed by atoms with E-state index in [1.165, 1.54) is 19.3 Å². The molecule has 0 aromatic carbocycles. The van der Waals surface area contributed by atoms with Gasteiger partial charge in [0.15, 0.2) is 5.78 Å². The van der Waals surface area contributed by atoms with Crippen molar-refractivity contribution in [2.45, 2.75) is 65.2 Å². The smallest absolute Gasteiger partial charge is 0.220 e. The lowest BCUT2D eigenvalue weighted by Gasteiger charge is -2.10. The zero-order valence-corrected chi connectivity index (χ0v) is 16.1. The van der Waals surface area contributed by atoms with Gasteiger partial charge >= 0.3 is 0 Å². The first-order valence-electron chi connectivity index (χ1n) is 9.39. The molecule has 0 bridgehead atoms. The van der Waals surface area contributed by atoms with E-state index in [1.54, 1.807) is 12.2 Å². The molecule has 0 saturated carbocycles. The normalized spacial score (nSPS) is 16.2. The van der Waals surface area contributed by atoms with Crippen LogP contribution in [0.1, 0.15) is 65.2 Å². The largest absolute Gasteiger partial charge is 0.400 e. The van der Waals surface area contributed by atoms with Gasteiger partial charge in [0.05, 0.1) is 0 Å². The average molecular weight is 350 g/mol. The van der Waals surface area contributed by atoms with E-state index in [-0.39, 0.29) is 11.7 Å². The van der Waals surface area contributed by atoms with Crippen LogP contribution < -0.4 is 5.32 Å². The van der Waals surface area contributed by atoms with E-state index < -0.39 is 0 Å². The fourth-order valence-electron chi connectivity index (χ4n) is 2.50. The second kappa shape index (κ2) is 15.8. The van der Waals surface area contributed by atoms with E-state index in [0.29, 0.717) is 25.3 Å². The Bertz CT molecular complexity index is 464. The summed E-state index contributed by atoms with van der Waals surface area (Å²) in [6, 6.07) is 0. The minimum absolute atomic E-state index is 0.0745. The van der Waals surface area contributed by atoms with Crippen molar-refractivity contribution in [1.82, 2.24) is 5.32 Å². The number of aliphatic hydroxyl groups excluding tert-OH is 1. The van der Waals surface area contributed by atoms with Crippen molar-refractivity contribution in [3.05, 3.63) is 36.0 Å². The molecule has 4 heteroatoms. The summed E-state index contributed by atoms with van der Waals surface area (Å²) in [5.74, 6) is 0.733. The number of hydrogen-bond acceptors (Lipinski definition) is 3. The summed E-state index contributed by atoms with van der Waals surface area (Å²) in [4.78, 5) is 23.5. The molecule has 1 amide bonds. The van der Waals surface area contributed by atoms with Crippen LogP contribution in [0.2, 0.25) is 0 Å². The number of carbonyl (C=O) groups excluding carboxylic acids is 2. The third-order valence-electron chi connectivity index (χ3n) is 4.00. The molecule has 0 fully saturated rings. The van der Waals surface area contributed by atoms with Gasteiger partial charge in [-0.3, -0.25) is 9.59 Å². The molecule has 1 aliphatic rings. The van der Waals surface area contributed by atoms with Crippen LogP contribution in [0.3, 0.4) is 0 Å². The lowest BCUT2D eigenvalue weighted by atomic mass is 9.96. The number of carbonyl (C=O) groups is 2.